The number of alkyl halides is 3. The highest BCUT2D eigenvalue weighted by Gasteiger charge is 2.58. The molecule has 3 aromatic rings. The Morgan fingerprint density at radius 1 is 1.09 bits per heavy atom. The highest BCUT2D eigenvalue weighted by Crippen LogP contribution is 2.44. The zero-order valence-electron chi connectivity index (χ0n) is 18.4. The summed E-state index contributed by atoms with van der Waals surface area (Å²) in [6, 6.07) is 5.65. The summed E-state index contributed by atoms with van der Waals surface area (Å²) < 4.78 is 46.9. The minimum Gasteiger partial charge on any atom is -0.416 e. The van der Waals surface area contributed by atoms with Crippen LogP contribution < -0.4 is 10.6 Å². The fourth-order valence-corrected chi connectivity index (χ4v) is 4.86. The fraction of sp³-hybridized carbons (Fsp3) is 0.478. The molecule has 0 amide bonds. The molecule has 3 N–H and O–H groups in total. The Morgan fingerprint density at radius 3 is 2.62 bits per heavy atom. The zero-order valence-corrected chi connectivity index (χ0v) is 18.4. The van der Waals surface area contributed by atoms with E-state index in [0.717, 1.165) is 43.4 Å². The first-order valence-corrected chi connectivity index (χ1v) is 11.4. The quantitative estimate of drug-likeness (QED) is 0.531. The average Bonchev–Trinajstić information content (AvgIpc) is 3.48. The van der Waals surface area contributed by atoms with Crippen LogP contribution in [0.25, 0.3) is 22.7 Å². The van der Waals surface area contributed by atoms with Gasteiger partial charge in [-0.1, -0.05) is 12.8 Å². The summed E-state index contributed by atoms with van der Waals surface area (Å²) in [7, 11) is 0. The molecular formula is C23H25F3N6O2. The van der Waals surface area contributed by atoms with Crippen LogP contribution in [0.2, 0.25) is 0 Å². The molecule has 34 heavy (non-hydrogen) atoms. The Bertz CT molecular complexity index is 1170. The molecule has 2 aliphatic rings. The summed E-state index contributed by atoms with van der Waals surface area (Å²) in [5.74, 6) is -0.488. The smallest absolute Gasteiger partial charge is 0.416 e. The molecule has 0 spiro atoms. The summed E-state index contributed by atoms with van der Waals surface area (Å²) in [6.45, 7) is 0.808. The monoisotopic (exact) mass is 474 g/mol. The predicted octanol–water partition coefficient (Wildman–Crippen LogP) is 4.46. The maximum atomic E-state index is 13.9. The minimum absolute atomic E-state index is 0.0961. The Kier molecular flexibility index (Phi) is 5.67. The first-order chi connectivity index (χ1) is 16.3. The van der Waals surface area contributed by atoms with Gasteiger partial charge in [-0.05, 0) is 55.9 Å². The van der Waals surface area contributed by atoms with Crippen LogP contribution in [0.3, 0.4) is 0 Å². The van der Waals surface area contributed by atoms with Gasteiger partial charge in [-0.15, -0.1) is 10.2 Å². The number of aromatic nitrogens is 4. The SMILES string of the molecule is Nc1cc(-c2ccncc2)c2nc1-c1nnc(o1)C(O)(C(F)(F)F)CCCCC[C@@H]1CCCN21. The first kappa shape index (κ1) is 22.6. The molecule has 180 valence electrons. The topological polar surface area (TPSA) is 114 Å². The van der Waals surface area contributed by atoms with Gasteiger partial charge in [-0.2, -0.15) is 13.2 Å². The van der Waals surface area contributed by atoms with Gasteiger partial charge < -0.3 is 20.2 Å². The third-order valence-electron chi connectivity index (χ3n) is 6.70. The van der Waals surface area contributed by atoms with Gasteiger partial charge in [0.05, 0.1) is 5.69 Å². The largest absolute Gasteiger partial charge is 0.426 e. The van der Waals surface area contributed by atoms with E-state index in [0.29, 0.717) is 12.2 Å². The number of fused-ring (bicyclic) bond motifs is 7. The van der Waals surface area contributed by atoms with Crippen molar-refractivity contribution in [1.29, 1.82) is 0 Å². The maximum Gasteiger partial charge on any atom is 0.426 e. The Labute approximate surface area is 194 Å². The third-order valence-corrected chi connectivity index (χ3v) is 6.70. The van der Waals surface area contributed by atoms with Gasteiger partial charge in [0.1, 0.15) is 5.82 Å². The molecule has 1 unspecified atom stereocenters. The van der Waals surface area contributed by atoms with E-state index in [4.69, 9.17) is 15.1 Å². The molecule has 0 aliphatic carbocycles. The van der Waals surface area contributed by atoms with Crippen molar-refractivity contribution in [1.82, 2.24) is 20.2 Å². The van der Waals surface area contributed by atoms with Crippen LogP contribution in [0.5, 0.6) is 0 Å². The number of hydrogen-bond donors (Lipinski definition) is 2. The van der Waals surface area contributed by atoms with Crippen molar-refractivity contribution in [2.24, 2.45) is 0 Å². The zero-order chi connectivity index (χ0) is 23.9. The molecule has 2 aliphatic heterocycles. The first-order valence-electron chi connectivity index (χ1n) is 11.4. The number of anilines is 2. The standard InChI is InChI=1S/C23H25F3N6O2/c24-23(25,26)22(33)9-3-1-2-5-15-6-4-12-32(15)19-16(14-7-10-28-11-8-14)13-17(27)18(29-19)20-30-31-21(22)34-20/h7-8,10-11,13,15,33H,1-6,9,12,27H2/t15-,22?/m1/s1. The lowest BCUT2D eigenvalue weighted by Crippen LogP contribution is -2.42. The average molecular weight is 474 g/mol. The summed E-state index contributed by atoms with van der Waals surface area (Å²) in [4.78, 5) is 11.1. The molecule has 5 heterocycles. The van der Waals surface area contributed by atoms with Crippen LogP contribution >= 0.6 is 0 Å². The highest BCUT2D eigenvalue weighted by atomic mass is 19.4. The summed E-state index contributed by atoms with van der Waals surface area (Å²) in [5.41, 5.74) is 5.02. The lowest BCUT2D eigenvalue weighted by atomic mass is 9.94. The Morgan fingerprint density at radius 2 is 1.85 bits per heavy atom. The lowest BCUT2D eigenvalue weighted by Gasteiger charge is -2.29. The molecule has 11 heteroatoms. The van der Waals surface area contributed by atoms with E-state index < -0.39 is 24.1 Å². The molecule has 0 radical (unpaired) electrons. The highest BCUT2D eigenvalue weighted by molar-refractivity contribution is 5.83. The van der Waals surface area contributed by atoms with E-state index in [1.807, 2.05) is 12.1 Å². The van der Waals surface area contributed by atoms with Crippen LogP contribution in [-0.4, -0.2) is 44.0 Å². The van der Waals surface area contributed by atoms with Gasteiger partial charge in [-0.3, -0.25) is 4.98 Å². The van der Waals surface area contributed by atoms with E-state index in [-0.39, 0.29) is 29.7 Å². The van der Waals surface area contributed by atoms with Crippen molar-refractivity contribution in [3.63, 3.8) is 0 Å². The summed E-state index contributed by atoms with van der Waals surface area (Å²) in [5, 5.41) is 17.9. The molecule has 4 bridgehead atoms. The molecule has 0 saturated carbocycles. The molecule has 1 fully saturated rings. The predicted molar refractivity (Wildman–Crippen MR) is 119 cm³/mol. The second-order valence-corrected chi connectivity index (χ2v) is 8.89. The van der Waals surface area contributed by atoms with Crippen LogP contribution in [-0.2, 0) is 5.60 Å². The van der Waals surface area contributed by atoms with Gasteiger partial charge >= 0.3 is 6.18 Å². The van der Waals surface area contributed by atoms with Crippen molar-refractivity contribution < 1.29 is 22.7 Å². The van der Waals surface area contributed by atoms with Crippen LogP contribution in [0.1, 0.15) is 50.8 Å². The second kappa shape index (κ2) is 8.53. The number of nitrogens with two attached hydrogens (primary N) is 1. The maximum absolute atomic E-state index is 13.9. The number of aliphatic hydroxyl groups is 1. The van der Waals surface area contributed by atoms with Crippen LogP contribution in [0, 0.1) is 0 Å². The normalized spacial score (nSPS) is 23.4. The van der Waals surface area contributed by atoms with E-state index in [1.165, 1.54) is 0 Å². The van der Waals surface area contributed by atoms with Gasteiger partial charge in [0.15, 0.2) is 5.69 Å². The lowest BCUT2D eigenvalue weighted by molar-refractivity contribution is -0.277. The number of rotatable bonds is 1. The Balaban J connectivity index is 1.69. The van der Waals surface area contributed by atoms with Gasteiger partial charge in [-0.25, -0.2) is 4.98 Å². The molecule has 3 aromatic heterocycles. The summed E-state index contributed by atoms with van der Waals surface area (Å²) in [6.07, 6.45) is 2.06. The molecule has 1 saturated heterocycles. The van der Waals surface area contributed by atoms with Crippen molar-refractivity contribution in [3.05, 3.63) is 36.5 Å². The van der Waals surface area contributed by atoms with Crippen molar-refractivity contribution in [3.8, 4) is 22.7 Å². The van der Waals surface area contributed by atoms with Crippen molar-refractivity contribution in [2.45, 2.75) is 62.8 Å². The van der Waals surface area contributed by atoms with Crippen LogP contribution in [0.4, 0.5) is 24.7 Å². The van der Waals surface area contributed by atoms with E-state index in [1.54, 1.807) is 18.5 Å². The third kappa shape index (κ3) is 3.87. The van der Waals surface area contributed by atoms with Gasteiger partial charge in [0.25, 0.3) is 11.8 Å². The molecule has 0 aromatic carbocycles. The number of nitrogens with zero attached hydrogens (tertiary/aromatic N) is 5. The number of hydrogen-bond acceptors (Lipinski definition) is 8. The fourth-order valence-electron chi connectivity index (χ4n) is 4.86. The molecular weight excluding hydrogens is 449 g/mol. The number of nitrogen functional groups attached to an aromatic ring is 1. The van der Waals surface area contributed by atoms with Gasteiger partial charge in [0.2, 0.25) is 5.60 Å². The van der Waals surface area contributed by atoms with Crippen molar-refractivity contribution >= 4 is 11.5 Å². The number of halogens is 3. The molecule has 8 nitrogen and oxygen atoms in total. The van der Waals surface area contributed by atoms with E-state index in [2.05, 4.69) is 20.1 Å². The summed E-state index contributed by atoms with van der Waals surface area (Å²) >= 11 is 0. The van der Waals surface area contributed by atoms with Crippen LogP contribution in [0.15, 0.2) is 35.0 Å². The van der Waals surface area contributed by atoms with E-state index >= 15 is 0 Å². The Hall–Kier alpha value is -3.21. The second-order valence-electron chi connectivity index (χ2n) is 8.89. The minimum atomic E-state index is -4.97. The number of pyridine rings is 2. The molecule has 2 atom stereocenters. The molecule has 5 rings (SSSR count). The van der Waals surface area contributed by atoms with Crippen molar-refractivity contribution in [2.75, 3.05) is 17.2 Å². The van der Waals surface area contributed by atoms with Gasteiger partial charge in [0, 0.05) is 30.5 Å². The van der Waals surface area contributed by atoms with E-state index in [9.17, 15) is 18.3 Å².